The van der Waals surface area contributed by atoms with Crippen molar-refractivity contribution < 1.29 is 19.2 Å². The molecule has 0 bridgehead atoms. The second-order valence-corrected chi connectivity index (χ2v) is 18.7. The molecule has 7 nitrogen and oxygen atoms in total. The lowest BCUT2D eigenvalue weighted by Gasteiger charge is -2.44. The van der Waals surface area contributed by atoms with E-state index in [1.54, 1.807) is 24.9 Å². The Bertz CT molecular complexity index is 1820. The molecule has 5 rings (SSSR count). The van der Waals surface area contributed by atoms with Crippen molar-refractivity contribution in [1.29, 1.82) is 0 Å². The molecule has 0 saturated heterocycles. The van der Waals surface area contributed by atoms with Crippen molar-refractivity contribution in [3.05, 3.63) is 114 Å². The third-order valence-electron chi connectivity index (χ3n) is 9.43. The van der Waals surface area contributed by atoms with E-state index in [0.29, 0.717) is 25.1 Å². The van der Waals surface area contributed by atoms with Gasteiger partial charge in [0.05, 0.1) is 17.5 Å². The van der Waals surface area contributed by atoms with Gasteiger partial charge in [0.2, 0.25) is 0 Å². The van der Waals surface area contributed by atoms with Gasteiger partial charge in [0.15, 0.2) is 0 Å². The first-order valence-corrected chi connectivity index (χ1v) is 18.6. The largest absolute Gasteiger partial charge is 0.407 e. The minimum atomic E-state index is -2.78. The van der Waals surface area contributed by atoms with Gasteiger partial charge in [-0.1, -0.05) is 95.3 Å². The summed E-state index contributed by atoms with van der Waals surface area (Å²) in [5, 5.41) is 12.8. The monoisotopic (exact) mass is 663 g/mol. The number of amides is 1. The highest BCUT2D eigenvalue weighted by Crippen LogP contribution is 2.42. The van der Waals surface area contributed by atoms with Crippen molar-refractivity contribution in [2.24, 2.45) is 5.41 Å². The summed E-state index contributed by atoms with van der Waals surface area (Å²) >= 11 is 0. The molecule has 0 spiro atoms. The number of hydrogen-bond acceptors (Lipinski definition) is 5. The zero-order valence-electron chi connectivity index (χ0n) is 29.5. The molecule has 0 saturated carbocycles. The molecule has 2 heterocycles. The van der Waals surface area contributed by atoms with Crippen LogP contribution in [-0.4, -0.2) is 42.7 Å². The van der Waals surface area contributed by atoms with Gasteiger partial charge in [-0.25, -0.2) is 5.48 Å². The second-order valence-electron chi connectivity index (χ2n) is 14.4. The van der Waals surface area contributed by atoms with E-state index in [1.807, 2.05) is 25.1 Å². The summed E-state index contributed by atoms with van der Waals surface area (Å²) in [7, 11) is -1.08. The molecule has 0 radical (unpaired) electrons. The van der Waals surface area contributed by atoms with E-state index in [0.717, 1.165) is 33.4 Å². The Kier molecular flexibility index (Phi) is 10.4. The van der Waals surface area contributed by atoms with E-state index >= 15 is 0 Å². The van der Waals surface area contributed by atoms with Gasteiger partial charge in [0, 0.05) is 48.5 Å². The Morgan fingerprint density at radius 3 is 2.10 bits per heavy atom. The van der Waals surface area contributed by atoms with E-state index in [1.165, 1.54) is 10.4 Å². The number of rotatable bonds is 12. The molecule has 0 aliphatic heterocycles. The minimum absolute atomic E-state index is 0.150. The van der Waals surface area contributed by atoms with Crippen molar-refractivity contribution >= 4 is 35.5 Å². The molecule has 1 amide bonds. The van der Waals surface area contributed by atoms with Crippen LogP contribution in [-0.2, 0) is 22.1 Å². The number of hydroxylamine groups is 1. The number of carbonyl (C=O) groups excluding carboxylic acids is 1. The molecular weight excluding hydrogens is 615 g/mol. The number of carbonyl (C=O) groups is 1. The zero-order valence-corrected chi connectivity index (χ0v) is 30.5. The second kappa shape index (κ2) is 14.2. The molecule has 2 aromatic heterocycles. The third-order valence-corrected chi connectivity index (χ3v) is 14.4. The number of aromatic nitrogens is 2. The van der Waals surface area contributed by atoms with Gasteiger partial charge in [-0.2, -0.15) is 0 Å². The summed E-state index contributed by atoms with van der Waals surface area (Å²) in [5.41, 5.74) is 6.91. The zero-order chi connectivity index (χ0) is 34.7. The van der Waals surface area contributed by atoms with Gasteiger partial charge in [-0.05, 0) is 77.0 Å². The standard InChI is InChI=1S/C40H49N3O4Si/c1-9-43-35-23-22-29(38(44)42-45)25-33(35)34(37(43)32-21-16-24-41-36(32)28(2)46-8)26-40(6,7)27-47-48(39(3,4)5,30-17-12-10-13-18-30)31-19-14-11-15-20-31/h10-25,28,45H,9,26-27H2,1-8H3,(H,42,44)/t28-/m0/s1. The number of aryl methyl sites for hydroxylation is 1. The van der Waals surface area contributed by atoms with Gasteiger partial charge in [0.1, 0.15) is 0 Å². The maximum atomic E-state index is 12.6. The maximum Gasteiger partial charge on any atom is 0.274 e. The normalized spacial score (nSPS) is 13.1. The van der Waals surface area contributed by atoms with Crippen molar-refractivity contribution in [3.8, 4) is 11.3 Å². The maximum absolute atomic E-state index is 12.6. The first-order valence-electron chi connectivity index (χ1n) is 16.7. The van der Waals surface area contributed by atoms with Gasteiger partial charge in [-0.15, -0.1) is 0 Å². The Hall–Kier alpha value is -4.08. The number of fused-ring (bicyclic) bond motifs is 1. The highest BCUT2D eigenvalue weighted by molar-refractivity contribution is 6.99. The van der Waals surface area contributed by atoms with Crippen LogP contribution in [0.25, 0.3) is 22.2 Å². The predicted molar refractivity (Wildman–Crippen MR) is 197 cm³/mol. The predicted octanol–water partition coefficient (Wildman–Crippen LogP) is 7.69. The Morgan fingerprint density at radius 1 is 0.938 bits per heavy atom. The van der Waals surface area contributed by atoms with Crippen molar-refractivity contribution in [2.75, 3.05) is 13.7 Å². The number of nitrogens with one attached hydrogen (secondary N) is 1. The fraction of sp³-hybridized carbons (Fsp3) is 0.350. The summed E-state index contributed by atoms with van der Waals surface area (Å²) < 4.78 is 15.5. The summed E-state index contributed by atoms with van der Waals surface area (Å²) in [4.78, 5) is 17.4. The molecule has 2 N–H and O–H groups in total. The molecule has 1 atom stereocenters. The molecular formula is C40H49N3O4Si. The fourth-order valence-corrected chi connectivity index (χ4v) is 11.9. The summed E-state index contributed by atoms with van der Waals surface area (Å²) in [6, 6.07) is 31.1. The van der Waals surface area contributed by atoms with Crippen LogP contribution in [0.15, 0.2) is 97.2 Å². The summed E-state index contributed by atoms with van der Waals surface area (Å²) in [6.07, 6.45) is 2.25. The van der Waals surface area contributed by atoms with Crippen LogP contribution >= 0.6 is 0 Å². The Morgan fingerprint density at radius 2 is 1.56 bits per heavy atom. The smallest absolute Gasteiger partial charge is 0.274 e. The molecule has 48 heavy (non-hydrogen) atoms. The van der Waals surface area contributed by atoms with Crippen molar-refractivity contribution in [1.82, 2.24) is 15.0 Å². The van der Waals surface area contributed by atoms with Crippen LogP contribution in [0.5, 0.6) is 0 Å². The van der Waals surface area contributed by atoms with Crippen LogP contribution in [0, 0.1) is 5.41 Å². The van der Waals surface area contributed by atoms with E-state index < -0.39 is 14.2 Å². The summed E-state index contributed by atoms with van der Waals surface area (Å²) in [5.74, 6) is -0.544. The average molecular weight is 664 g/mol. The number of nitrogens with zero attached hydrogens (tertiary/aromatic N) is 2. The molecule has 8 heteroatoms. The van der Waals surface area contributed by atoms with Crippen LogP contribution < -0.4 is 15.9 Å². The van der Waals surface area contributed by atoms with Gasteiger partial charge in [-0.3, -0.25) is 15.0 Å². The van der Waals surface area contributed by atoms with Crippen molar-refractivity contribution in [2.45, 2.75) is 72.6 Å². The number of pyridine rings is 1. The third kappa shape index (κ3) is 6.63. The van der Waals surface area contributed by atoms with Crippen LogP contribution in [0.3, 0.4) is 0 Å². The van der Waals surface area contributed by atoms with Crippen LogP contribution in [0.2, 0.25) is 5.04 Å². The summed E-state index contributed by atoms with van der Waals surface area (Å²) in [6.45, 7) is 16.8. The van der Waals surface area contributed by atoms with E-state index in [9.17, 15) is 10.0 Å². The quantitative estimate of drug-likeness (QED) is 0.0812. The highest BCUT2D eigenvalue weighted by atomic mass is 28.4. The molecule has 0 aliphatic carbocycles. The van der Waals surface area contributed by atoms with Crippen LogP contribution in [0.1, 0.15) is 76.2 Å². The minimum Gasteiger partial charge on any atom is -0.407 e. The molecule has 252 valence electrons. The molecule has 3 aromatic carbocycles. The SMILES string of the molecule is CCn1c(-c2cccnc2[C@H](C)OC)c(CC(C)(C)CO[Si](c2ccccc2)(c2ccccc2)C(C)(C)C)c2cc(C(=O)NO)ccc21. The number of benzene rings is 3. The average Bonchev–Trinajstić information content (AvgIpc) is 3.39. The van der Waals surface area contributed by atoms with Crippen molar-refractivity contribution in [3.63, 3.8) is 0 Å². The number of hydrogen-bond donors (Lipinski definition) is 2. The van der Waals surface area contributed by atoms with Gasteiger partial charge < -0.3 is 13.7 Å². The van der Waals surface area contributed by atoms with Gasteiger partial charge >= 0.3 is 0 Å². The first kappa shape index (κ1) is 35.2. The van der Waals surface area contributed by atoms with E-state index in [4.69, 9.17) is 14.1 Å². The fourth-order valence-electron chi connectivity index (χ4n) is 7.09. The molecule has 5 aromatic rings. The lowest BCUT2D eigenvalue weighted by atomic mass is 9.84. The molecule has 0 aliphatic rings. The van der Waals surface area contributed by atoms with Crippen LogP contribution in [0.4, 0.5) is 0 Å². The van der Waals surface area contributed by atoms with Gasteiger partial charge in [0.25, 0.3) is 14.2 Å². The Balaban J connectivity index is 1.68. The van der Waals surface area contributed by atoms with E-state index in [2.05, 4.69) is 113 Å². The first-order chi connectivity index (χ1) is 22.9. The number of methoxy groups -OCH3 is 1. The number of ether oxygens (including phenoxy) is 1. The highest BCUT2D eigenvalue weighted by Gasteiger charge is 2.50. The lowest BCUT2D eigenvalue weighted by molar-refractivity contribution is 0.0706. The molecule has 0 fully saturated rings. The Labute approximate surface area is 286 Å². The van der Waals surface area contributed by atoms with E-state index in [-0.39, 0.29) is 16.6 Å². The molecule has 0 unspecified atom stereocenters. The lowest BCUT2D eigenvalue weighted by Crippen LogP contribution is -2.67. The topological polar surface area (TPSA) is 85.6 Å².